The number of carbonyl (C=O) groups excluding carboxylic acids is 2. The Morgan fingerprint density at radius 1 is 0.964 bits per heavy atom. The van der Waals surface area contributed by atoms with Crippen LogP contribution in [0.2, 0.25) is 0 Å². The van der Waals surface area contributed by atoms with Gasteiger partial charge in [0.15, 0.2) is 0 Å². The minimum Gasteiger partial charge on any atom is -0.406 e. The summed E-state index contributed by atoms with van der Waals surface area (Å²) in [7, 11) is 0. The predicted octanol–water partition coefficient (Wildman–Crippen LogP) is 4.57. The molecule has 0 bridgehead atoms. The van der Waals surface area contributed by atoms with Gasteiger partial charge in [-0.3, -0.25) is 14.5 Å². The second-order valence-electron chi connectivity index (χ2n) is 7.15. The van der Waals surface area contributed by atoms with E-state index < -0.39 is 23.9 Å². The van der Waals surface area contributed by atoms with Crippen molar-refractivity contribution in [1.29, 1.82) is 0 Å². The zero-order valence-corrected chi connectivity index (χ0v) is 15.7. The largest absolute Gasteiger partial charge is 0.573 e. The molecule has 0 saturated carbocycles. The van der Waals surface area contributed by atoms with E-state index in [1.54, 1.807) is 6.92 Å². The second-order valence-corrected chi connectivity index (χ2v) is 7.15. The minimum atomic E-state index is -4.80. The maximum atomic E-state index is 12.9. The number of benzene rings is 2. The number of amides is 2. The Morgan fingerprint density at radius 2 is 1.54 bits per heavy atom. The molecule has 28 heavy (non-hydrogen) atoms. The van der Waals surface area contributed by atoms with Gasteiger partial charge < -0.3 is 4.74 Å². The average Bonchev–Trinajstić information content (AvgIpc) is 2.77. The summed E-state index contributed by atoms with van der Waals surface area (Å²) in [5.41, 5.74) is 3.37. The van der Waals surface area contributed by atoms with Crippen LogP contribution in [-0.4, -0.2) is 18.2 Å². The molecular formula is C21H20F3NO3. The molecule has 0 N–H and O–H groups in total. The molecule has 0 spiro atoms. The molecule has 0 unspecified atom stereocenters. The van der Waals surface area contributed by atoms with E-state index in [0.29, 0.717) is 6.42 Å². The summed E-state index contributed by atoms with van der Waals surface area (Å²) in [4.78, 5) is 26.6. The van der Waals surface area contributed by atoms with Crippen LogP contribution < -0.4 is 9.64 Å². The van der Waals surface area contributed by atoms with E-state index in [9.17, 15) is 22.8 Å². The van der Waals surface area contributed by atoms with Gasteiger partial charge >= 0.3 is 6.36 Å². The van der Waals surface area contributed by atoms with E-state index in [1.807, 2.05) is 32.0 Å². The molecule has 1 saturated heterocycles. The van der Waals surface area contributed by atoms with E-state index in [1.165, 1.54) is 12.1 Å². The van der Waals surface area contributed by atoms with Crippen LogP contribution in [-0.2, 0) is 16.0 Å². The van der Waals surface area contributed by atoms with E-state index in [0.717, 1.165) is 33.7 Å². The fraction of sp³-hybridized carbons (Fsp3) is 0.333. The number of hydrogen-bond acceptors (Lipinski definition) is 3. The second kappa shape index (κ2) is 7.30. The van der Waals surface area contributed by atoms with Crippen molar-refractivity contribution in [2.24, 2.45) is 11.8 Å². The van der Waals surface area contributed by atoms with E-state index in [-0.39, 0.29) is 17.5 Å². The number of anilines is 1. The molecule has 148 valence electrons. The summed E-state index contributed by atoms with van der Waals surface area (Å²) < 4.78 is 40.7. The first-order valence-electron chi connectivity index (χ1n) is 8.86. The van der Waals surface area contributed by atoms with Crippen LogP contribution in [0.15, 0.2) is 42.5 Å². The SMILES string of the molecule is Cc1cc(C)cc(C[C@H]2C(=O)N(c3ccc(OC(F)(F)F)cc3)C(=O)[C@H]2C)c1. The maximum Gasteiger partial charge on any atom is 0.573 e. The minimum absolute atomic E-state index is 0.235. The third kappa shape index (κ3) is 4.18. The molecule has 1 fully saturated rings. The molecule has 0 radical (unpaired) electrons. The first kappa shape index (κ1) is 19.9. The lowest BCUT2D eigenvalue weighted by Gasteiger charge is -2.16. The number of imide groups is 1. The molecule has 4 nitrogen and oxygen atoms in total. The zero-order chi connectivity index (χ0) is 20.6. The van der Waals surface area contributed by atoms with Crippen molar-refractivity contribution >= 4 is 17.5 Å². The lowest BCUT2D eigenvalue weighted by atomic mass is 9.89. The highest BCUT2D eigenvalue weighted by Crippen LogP contribution is 2.34. The van der Waals surface area contributed by atoms with Crippen molar-refractivity contribution in [2.45, 2.75) is 33.6 Å². The topological polar surface area (TPSA) is 46.6 Å². The van der Waals surface area contributed by atoms with Crippen molar-refractivity contribution < 1.29 is 27.5 Å². The zero-order valence-electron chi connectivity index (χ0n) is 15.7. The molecule has 0 aromatic heterocycles. The lowest BCUT2D eigenvalue weighted by Crippen LogP contribution is -2.31. The number of aryl methyl sites for hydroxylation is 2. The van der Waals surface area contributed by atoms with Gasteiger partial charge in [-0.2, -0.15) is 0 Å². The summed E-state index contributed by atoms with van der Waals surface area (Å²) in [6.45, 7) is 5.64. The quantitative estimate of drug-likeness (QED) is 0.718. The smallest absolute Gasteiger partial charge is 0.406 e. The van der Waals surface area contributed by atoms with Gasteiger partial charge in [-0.05, 0) is 50.1 Å². The molecule has 1 aliphatic heterocycles. The summed E-state index contributed by atoms with van der Waals surface area (Å²) in [6.07, 6.45) is -4.37. The van der Waals surface area contributed by atoms with Gasteiger partial charge in [0.05, 0.1) is 11.6 Å². The number of carbonyl (C=O) groups is 2. The van der Waals surface area contributed by atoms with Crippen LogP contribution in [0.25, 0.3) is 0 Å². The van der Waals surface area contributed by atoms with Gasteiger partial charge in [0.25, 0.3) is 0 Å². The number of halogens is 3. The Labute approximate surface area is 160 Å². The molecule has 0 aliphatic carbocycles. The van der Waals surface area contributed by atoms with Gasteiger partial charge in [0.2, 0.25) is 11.8 Å². The fourth-order valence-corrected chi connectivity index (χ4v) is 3.62. The molecule has 7 heteroatoms. The van der Waals surface area contributed by atoms with Crippen molar-refractivity contribution in [3.63, 3.8) is 0 Å². The number of ether oxygens (including phenoxy) is 1. The Bertz CT molecular complexity index is 886. The van der Waals surface area contributed by atoms with Gasteiger partial charge in [-0.1, -0.05) is 36.2 Å². The average molecular weight is 391 g/mol. The highest BCUT2D eigenvalue weighted by molar-refractivity contribution is 6.22. The van der Waals surface area contributed by atoms with Gasteiger partial charge in [0.1, 0.15) is 5.75 Å². The van der Waals surface area contributed by atoms with E-state index in [2.05, 4.69) is 4.74 Å². The van der Waals surface area contributed by atoms with Crippen LogP contribution in [0.5, 0.6) is 5.75 Å². The van der Waals surface area contributed by atoms with Crippen LogP contribution in [0, 0.1) is 25.7 Å². The first-order chi connectivity index (χ1) is 13.0. The summed E-state index contributed by atoms with van der Waals surface area (Å²) >= 11 is 0. The summed E-state index contributed by atoms with van der Waals surface area (Å²) in [6, 6.07) is 10.8. The maximum absolute atomic E-state index is 12.9. The normalized spacial score (nSPS) is 20.0. The third-order valence-electron chi connectivity index (χ3n) is 4.82. The van der Waals surface area contributed by atoms with Gasteiger partial charge in [0, 0.05) is 5.92 Å². The summed E-state index contributed by atoms with van der Waals surface area (Å²) in [5.74, 6) is -2.14. The Balaban J connectivity index is 1.82. The number of rotatable bonds is 4. The van der Waals surface area contributed by atoms with E-state index >= 15 is 0 Å². The van der Waals surface area contributed by atoms with Crippen LogP contribution in [0.1, 0.15) is 23.6 Å². The molecule has 2 aromatic rings. The Kier molecular flexibility index (Phi) is 5.19. The number of alkyl halides is 3. The molecule has 2 atom stereocenters. The Morgan fingerprint density at radius 3 is 2.07 bits per heavy atom. The molecule has 2 amide bonds. The number of hydrogen-bond donors (Lipinski definition) is 0. The van der Waals surface area contributed by atoms with Crippen LogP contribution in [0.4, 0.5) is 18.9 Å². The van der Waals surface area contributed by atoms with Crippen LogP contribution in [0.3, 0.4) is 0 Å². The highest BCUT2D eigenvalue weighted by atomic mass is 19.4. The van der Waals surface area contributed by atoms with Crippen LogP contribution >= 0.6 is 0 Å². The molecule has 2 aromatic carbocycles. The van der Waals surface area contributed by atoms with Crippen molar-refractivity contribution in [3.05, 3.63) is 59.2 Å². The highest BCUT2D eigenvalue weighted by Gasteiger charge is 2.45. The molecule has 1 heterocycles. The first-order valence-corrected chi connectivity index (χ1v) is 8.86. The summed E-state index contributed by atoms with van der Waals surface area (Å²) in [5, 5.41) is 0. The van der Waals surface area contributed by atoms with E-state index in [4.69, 9.17) is 0 Å². The standard InChI is InChI=1S/C21H20F3NO3/c1-12-8-13(2)10-15(9-12)11-18-14(3)19(26)25(20(18)27)16-4-6-17(7-5-16)28-21(22,23)24/h4-10,14,18H,11H2,1-3H3/t14-,18+/m0/s1. The monoisotopic (exact) mass is 391 g/mol. The lowest BCUT2D eigenvalue weighted by molar-refractivity contribution is -0.274. The Hall–Kier alpha value is -2.83. The molecule has 1 aliphatic rings. The number of nitrogens with zero attached hydrogens (tertiary/aromatic N) is 1. The molecule has 3 rings (SSSR count). The molecular weight excluding hydrogens is 371 g/mol. The fourth-order valence-electron chi connectivity index (χ4n) is 3.62. The van der Waals surface area contributed by atoms with Gasteiger partial charge in [-0.15, -0.1) is 13.2 Å². The predicted molar refractivity (Wildman–Crippen MR) is 97.9 cm³/mol. The van der Waals surface area contributed by atoms with Crippen molar-refractivity contribution in [3.8, 4) is 5.75 Å². The van der Waals surface area contributed by atoms with Gasteiger partial charge in [-0.25, -0.2) is 0 Å². The van der Waals surface area contributed by atoms with Crippen molar-refractivity contribution in [2.75, 3.05) is 4.90 Å². The van der Waals surface area contributed by atoms with Crippen molar-refractivity contribution in [1.82, 2.24) is 0 Å². The third-order valence-corrected chi connectivity index (χ3v) is 4.82.